The van der Waals surface area contributed by atoms with Gasteiger partial charge >= 0.3 is 5.69 Å². The van der Waals surface area contributed by atoms with Gasteiger partial charge in [-0.2, -0.15) is 0 Å². The van der Waals surface area contributed by atoms with E-state index in [9.17, 15) is 20.2 Å². The van der Waals surface area contributed by atoms with Gasteiger partial charge in [0.1, 0.15) is 5.69 Å². The molecule has 0 aliphatic rings. The van der Waals surface area contributed by atoms with E-state index in [1.165, 1.54) is 36.7 Å². The molecule has 0 spiro atoms. The van der Waals surface area contributed by atoms with E-state index in [4.69, 9.17) is 5.21 Å². The van der Waals surface area contributed by atoms with Crippen molar-refractivity contribution in [3.05, 3.63) is 62.9 Å². The summed E-state index contributed by atoms with van der Waals surface area (Å²) in [6.45, 7) is 0. The lowest BCUT2D eigenvalue weighted by Crippen LogP contribution is -1.92. The molecule has 1 aromatic carbocycles. The predicted molar refractivity (Wildman–Crippen MR) is 71.1 cm³/mol. The lowest BCUT2D eigenvalue weighted by Gasteiger charge is -1.96. The molecular formula is C11H10N4O5. The van der Waals surface area contributed by atoms with E-state index < -0.39 is 15.5 Å². The van der Waals surface area contributed by atoms with Crippen molar-refractivity contribution in [2.24, 2.45) is 4.99 Å². The van der Waals surface area contributed by atoms with E-state index in [0.29, 0.717) is 0 Å². The molecule has 1 rings (SSSR count). The smallest absolute Gasteiger partial charge is 0.292 e. The molecule has 0 radical (unpaired) electrons. The molecule has 0 bridgehead atoms. The summed E-state index contributed by atoms with van der Waals surface area (Å²) in [5.74, 6) is 0. The van der Waals surface area contributed by atoms with Crippen LogP contribution in [0.25, 0.3) is 0 Å². The van der Waals surface area contributed by atoms with Crippen molar-refractivity contribution in [1.29, 1.82) is 0 Å². The SMILES string of the molecule is O=[N+]([O-])c1ccc(N=C/C=C/C=C/NO)c([N+](=O)[O-])c1. The third-order valence-corrected chi connectivity index (χ3v) is 2.06. The van der Waals surface area contributed by atoms with Crippen molar-refractivity contribution in [2.75, 3.05) is 0 Å². The Kier molecular flexibility index (Phi) is 5.53. The zero-order valence-electron chi connectivity index (χ0n) is 10.0. The van der Waals surface area contributed by atoms with Crippen LogP contribution in [0, 0.1) is 20.2 Å². The molecule has 0 aliphatic heterocycles. The maximum Gasteiger partial charge on any atom is 0.301 e. The highest BCUT2D eigenvalue weighted by molar-refractivity contribution is 5.77. The monoisotopic (exact) mass is 278 g/mol. The van der Waals surface area contributed by atoms with Gasteiger partial charge in [0, 0.05) is 18.5 Å². The molecule has 0 saturated heterocycles. The third-order valence-electron chi connectivity index (χ3n) is 2.06. The van der Waals surface area contributed by atoms with E-state index in [1.807, 2.05) is 0 Å². The van der Waals surface area contributed by atoms with Gasteiger partial charge in [-0.1, -0.05) is 6.08 Å². The van der Waals surface area contributed by atoms with Gasteiger partial charge in [0.2, 0.25) is 0 Å². The van der Waals surface area contributed by atoms with Gasteiger partial charge in [-0.15, -0.1) is 0 Å². The number of nitro groups is 2. The van der Waals surface area contributed by atoms with E-state index in [1.54, 1.807) is 5.48 Å². The van der Waals surface area contributed by atoms with E-state index in [2.05, 4.69) is 4.99 Å². The first-order chi connectivity index (χ1) is 9.56. The van der Waals surface area contributed by atoms with Crippen molar-refractivity contribution in [1.82, 2.24) is 5.48 Å². The summed E-state index contributed by atoms with van der Waals surface area (Å²) < 4.78 is 0. The third kappa shape index (κ3) is 4.31. The average molecular weight is 278 g/mol. The van der Waals surface area contributed by atoms with Crippen molar-refractivity contribution in [3.8, 4) is 0 Å². The molecule has 0 heterocycles. The van der Waals surface area contributed by atoms with Crippen LogP contribution in [0.1, 0.15) is 0 Å². The number of allylic oxidation sites excluding steroid dienone is 3. The van der Waals surface area contributed by atoms with Crippen LogP contribution in [0.5, 0.6) is 0 Å². The number of hydrogen-bond acceptors (Lipinski definition) is 7. The summed E-state index contributed by atoms with van der Waals surface area (Å²) in [7, 11) is 0. The van der Waals surface area contributed by atoms with Gasteiger partial charge in [0.25, 0.3) is 5.69 Å². The van der Waals surface area contributed by atoms with Crippen LogP contribution < -0.4 is 5.48 Å². The maximum atomic E-state index is 10.8. The first-order valence-corrected chi connectivity index (χ1v) is 5.24. The lowest BCUT2D eigenvalue weighted by atomic mass is 10.2. The first kappa shape index (κ1) is 15.0. The highest BCUT2D eigenvalue weighted by Crippen LogP contribution is 2.30. The highest BCUT2D eigenvalue weighted by atomic mass is 16.6. The lowest BCUT2D eigenvalue weighted by molar-refractivity contribution is -0.393. The maximum absolute atomic E-state index is 10.8. The molecule has 20 heavy (non-hydrogen) atoms. The standard InChI is InChI=1S/C11H10N4O5/c16-13-7-3-1-2-6-12-10-5-4-9(14(17)18)8-11(10)15(19)20/h1-8,13,16H/b2-1+,7-3+,12-6?. The molecule has 104 valence electrons. The molecule has 0 amide bonds. The van der Waals surface area contributed by atoms with Crippen LogP contribution in [-0.2, 0) is 0 Å². The largest absolute Gasteiger partial charge is 0.301 e. The molecule has 0 saturated carbocycles. The fourth-order valence-corrected chi connectivity index (χ4v) is 1.22. The summed E-state index contributed by atoms with van der Waals surface area (Å²) >= 11 is 0. The van der Waals surface area contributed by atoms with Gasteiger partial charge in [0.05, 0.1) is 15.9 Å². The molecule has 0 fully saturated rings. The Hall–Kier alpha value is -3.07. The van der Waals surface area contributed by atoms with Gasteiger partial charge in [0.15, 0.2) is 0 Å². The van der Waals surface area contributed by atoms with Crippen molar-refractivity contribution >= 4 is 23.3 Å². The number of rotatable bonds is 6. The highest BCUT2D eigenvalue weighted by Gasteiger charge is 2.18. The minimum absolute atomic E-state index is 0.00881. The van der Waals surface area contributed by atoms with Crippen LogP contribution in [0.3, 0.4) is 0 Å². The zero-order chi connectivity index (χ0) is 15.0. The Balaban J connectivity index is 2.97. The van der Waals surface area contributed by atoms with E-state index >= 15 is 0 Å². The normalized spacial score (nSPS) is 11.4. The van der Waals surface area contributed by atoms with Gasteiger partial charge < -0.3 is 0 Å². The van der Waals surface area contributed by atoms with E-state index in [-0.39, 0.29) is 11.4 Å². The zero-order valence-corrected chi connectivity index (χ0v) is 10.0. The summed E-state index contributed by atoms with van der Waals surface area (Å²) in [5.41, 5.74) is 0.977. The molecular weight excluding hydrogens is 268 g/mol. The Morgan fingerprint density at radius 2 is 1.90 bits per heavy atom. The number of aliphatic imine (C=N–C) groups is 1. The number of nitrogens with one attached hydrogen (secondary N) is 1. The number of nitro benzene ring substituents is 2. The second-order valence-electron chi connectivity index (χ2n) is 3.34. The molecule has 2 N–H and O–H groups in total. The van der Waals surface area contributed by atoms with E-state index in [0.717, 1.165) is 12.1 Å². The Morgan fingerprint density at radius 3 is 2.50 bits per heavy atom. The Bertz CT molecular complexity index is 594. The molecule has 0 atom stereocenters. The number of hydrogen-bond donors (Lipinski definition) is 2. The molecule has 9 heteroatoms. The first-order valence-electron chi connectivity index (χ1n) is 5.24. The second-order valence-corrected chi connectivity index (χ2v) is 3.34. The summed E-state index contributed by atoms with van der Waals surface area (Å²) in [6, 6.07) is 3.19. The van der Waals surface area contributed by atoms with Crippen LogP contribution in [0.4, 0.5) is 17.1 Å². The Morgan fingerprint density at radius 1 is 1.15 bits per heavy atom. The second kappa shape index (κ2) is 7.38. The number of nitrogens with zero attached hydrogens (tertiary/aromatic N) is 3. The van der Waals surface area contributed by atoms with Crippen molar-refractivity contribution in [3.63, 3.8) is 0 Å². The number of non-ortho nitro benzene ring substituents is 1. The average Bonchev–Trinajstić information content (AvgIpc) is 2.42. The molecule has 0 unspecified atom stereocenters. The summed E-state index contributed by atoms with van der Waals surface area (Å²) in [6.07, 6.45) is 6.99. The molecule has 9 nitrogen and oxygen atoms in total. The molecule has 1 aromatic rings. The van der Waals surface area contributed by atoms with Crippen LogP contribution in [-0.4, -0.2) is 21.3 Å². The molecule has 0 aromatic heterocycles. The van der Waals surface area contributed by atoms with Crippen LogP contribution in [0.2, 0.25) is 0 Å². The fraction of sp³-hybridized carbons (Fsp3) is 0. The van der Waals surface area contributed by atoms with Crippen molar-refractivity contribution in [2.45, 2.75) is 0 Å². The van der Waals surface area contributed by atoms with Gasteiger partial charge in [-0.25, -0.2) is 4.99 Å². The van der Waals surface area contributed by atoms with Crippen molar-refractivity contribution < 1.29 is 15.1 Å². The Labute approximate surface area is 112 Å². The predicted octanol–water partition coefficient (Wildman–Crippen LogP) is 2.25. The topological polar surface area (TPSA) is 131 Å². The summed E-state index contributed by atoms with van der Waals surface area (Å²) in [5, 5.41) is 29.6. The van der Waals surface area contributed by atoms with Crippen LogP contribution in [0.15, 0.2) is 47.6 Å². The quantitative estimate of drug-likeness (QED) is 0.355. The number of benzene rings is 1. The fourth-order valence-electron chi connectivity index (χ4n) is 1.22. The van der Waals surface area contributed by atoms with Crippen LogP contribution >= 0.6 is 0 Å². The number of hydroxylamine groups is 1. The minimum Gasteiger partial charge on any atom is -0.292 e. The summed E-state index contributed by atoms with van der Waals surface area (Å²) in [4.78, 5) is 23.7. The van der Waals surface area contributed by atoms with Gasteiger partial charge in [-0.05, 0) is 18.2 Å². The molecule has 0 aliphatic carbocycles. The van der Waals surface area contributed by atoms with Gasteiger partial charge in [-0.3, -0.25) is 30.9 Å². The minimum atomic E-state index is -0.737.